The molecule has 1 aliphatic carbocycles. The van der Waals surface area contributed by atoms with Crippen LogP contribution in [0.2, 0.25) is 0 Å². The van der Waals surface area contributed by atoms with Gasteiger partial charge in [0, 0.05) is 11.9 Å². The molecule has 0 aliphatic heterocycles. The van der Waals surface area contributed by atoms with Gasteiger partial charge in [-0.05, 0) is 12.3 Å². The third kappa shape index (κ3) is 1.95. The first-order valence-electron chi connectivity index (χ1n) is 5.09. The number of H-pyrrole nitrogens is 1. The number of hydrogen-bond acceptors (Lipinski definition) is 2. The number of primary amides is 1. The Balaban J connectivity index is 1.98. The summed E-state index contributed by atoms with van der Waals surface area (Å²) in [7, 11) is 0. The Morgan fingerprint density at radius 3 is 2.86 bits per heavy atom. The van der Waals surface area contributed by atoms with Crippen molar-refractivity contribution in [1.82, 2.24) is 9.97 Å². The van der Waals surface area contributed by atoms with E-state index in [1.807, 2.05) is 0 Å². The predicted octanol–water partition coefficient (Wildman–Crippen LogP) is 1.24. The smallest absolute Gasteiger partial charge is 0.284 e. The van der Waals surface area contributed by atoms with Crippen LogP contribution in [0, 0.1) is 5.92 Å². The Morgan fingerprint density at radius 1 is 1.57 bits per heavy atom. The predicted molar refractivity (Wildman–Crippen MR) is 52.8 cm³/mol. The summed E-state index contributed by atoms with van der Waals surface area (Å²) in [6.45, 7) is 0. The van der Waals surface area contributed by atoms with Crippen LogP contribution in [-0.2, 0) is 6.42 Å². The van der Waals surface area contributed by atoms with Crippen LogP contribution in [0.5, 0.6) is 0 Å². The van der Waals surface area contributed by atoms with E-state index in [9.17, 15) is 4.79 Å². The van der Waals surface area contributed by atoms with E-state index in [4.69, 9.17) is 5.73 Å². The lowest BCUT2D eigenvalue weighted by molar-refractivity contribution is 0.0991. The molecule has 76 valence electrons. The van der Waals surface area contributed by atoms with Gasteiger partial charge in [0.1, 0.15) is 0 Å². The number of aromatic amines is 1. The van der Waals surface area contributed by atoms with Gasteiger partial charge in [-0.2, -0.15) is 0 Å². The zero-order valence-electron chi connectivity index (χ0n) is 8.12. The Kier molecular flexibility index (Phi) is 2.52. The zero-order chi connectivity index (χ0) is 9.97. The van der Waals surface area contributed by atoms with Crippen LogP contribution < -0.4 is 5.73 Å². The van der Waals surface area contributed by atoms with Crippen LogP contribution in [0.25, 0.3) is 0 Å². The monoisotopic (exact) mass is 193 g/mol. The Labute approximate surface area is 82.9 Å². The molecule has 2 rings (SSSR count). The number of hydrogen-bond donors (Lipinski definition) is 2. The van der Waals surface area contributed by atoms with Gasteiger partial charge in [0.05, 0.1) is 0 Å². The minimum atomic E-state index is -0.484. The molecule has 0 saturated heterocycles. The first-order valence-corrected chi connectivity index (χ1v) is 5.09. The van der Waals surface area contributed by atoms with Crippen molar-refractivity contribution in [3.63, 3.8) is 0 Å². The molecular formula is C10H15N3O. The normalized spacial score (nSPS) is 17.4. The Bertz CT molecular complexity index is 326. The maximum atomic E-state index is 10.8. The Hall–Kier alpha value is -1.32. The minimum Gasteiger partial charge on any atom is -0.363 e. The SMILES string of the molecule is NC(=O)c1ncc(CC2CCCC2)[nH]1. The molecule has 3 N–H and O–H groups in total. The fourth-order valence-corrected chi connectivity index (χ4v) is 2.11. The average Bonchev–Trinajstić information content (AvgIpc) is 2.75. The highest BCUT2D eigenvalue weighted by atomic mass is 16.1. The van der Waals surface area contributed by atoms with Crippen LogP contribution in [0.4, 0.5) is 0 Å². The molecular weight excluding hydrogens is 178 g/mol. The summed E-state index contributed by atoms with van der Waals surface area (Å²) >= 11 is 0. The van der Waals surface area contributed by atoms with Crippen molar-refractivity contribution in [2.45, 2.75) is 32.1 Å². The minimum absolute atomic E-state index is 0.276. The fourth-order valence-electron chi connectivity index (χ4n) is 2.11. The molecule has 0 aromatic carbocycles. The largest absolute Gasteiger partial charge is 0.363 e. The molecule has 0 radical (unpaired) electrons. The van der Waals surface area contributed by atoms with Gasteiger partial charge in [0.2, 0.25) is 0 Å². The second-order valence-electron chi connectivity index (χ2n) is 3.98. The maximum absolute atomic E-state index is 10.8. The van der Waals surface area contributed by atoms with Gasteiger partial charge in [-0.25, -0.2) is 4.98 Å². The summed E-state index contributed by atoms with van der Waals surface area (Å²) in [6.07, 6.45) is 7.98. The number of nitrogens with one attached hydrogen (secondary N) is 1. The van der Waals surface area contributed by atoms with Crippen molar-refractivity contribution in [1.29, 1.82) is 0 Å². The van der Waals surface area contributed by atoms with Crippen molar-refractivity contribution in [2.24, 2.45) is 11.7 Å². The molecule has 0 bridgehead atoms. The summed E-state index contributed by atoms with van der Waals surface area (Å²) in [5, 5.41) is 0. The van der Waals surface area contributed by atoms with E-state index in [1.165, 1.54) is 25.7 Å². The van der Waals surface area contributed by atoms with E-state index in [0.717, 1.165) is 18.0 Å². The quantitative estimate of drug-likeness (QED) is 0.758. The lowest BCUT2D eigenvalue weighted by atomic mass is 10.0. The second kappa shape index (κ2) is 3.82. The van der Waals surface area contributed by atoms with Gasteiger partial charge >= 0.3 is 0 Å². The maximum Gasteiger partial charge on any atom is 0.284 e. The van der Waals surface area contributed by atoms with E-state index in [0.29, 0.717) is 0 Å². The number of amides is 1. The highest BCUT2D eigenvalue weighted by Gasteiger charge is 2.16. The highest BCUT2D eigenvalue weighted by Crippen LogP contribution is 2.27. The van der Waals surface area contributed by atoms with E-state index >= 15 is 0 Å². The molecule has 1 fully saturated rings. The molecule has 0 spiro atoms. The van der Waals surface area contributed by atoms with Crippen LogP contribution in [0.3, 0.4) is 0 Å². The van der Waals surface area contributed by atoms with Gasteiger partial charge in [-0.15, -0.1) is 0 Å². The molecule has 0 unspecified atom stereocenters. The van der Waals surface area contributed by atoms with Crippen LogP contribution in [0.1, 0.15) is 42.0 Å². The van der Waals surface area contributed by atoms with E-state index in [1.54, 1.807) is 6.20 Å². The third-order valence-electron chi connectivity index (χ3n) is 2.85. The van der Waals surface area contributed by atoms with E-state index in [2.05, 4.69) is 9.97 Å². The fraction of sp³-hybridized carbons (Fsp3) is 0.600. The lowest BCUT2D eigenvalue weighted by Gasteiger charge is -2.05. The molecule has 14 heavy (non-hydrogen) atoms. The van der Waals surface area contributed by atoms with Crippen LogP contribution in [0.15, 0.2) is 6.20 Å². The molecule has 1 aromatic rings. The second-order valence-corrected chi connectivity index (χ2v) is 3.98. The summed E-state index contributed by atoms with van der Waals surface area (Å²) in [5.74, 6) is 0.553. The van der Waals surface area contributed by atoms with E-state index < -0.39 is 5.91 Å². The lowest BCUT2D eigenvalue weighted by Crippen LogP contribution is -2.13. The van der Waals surface area contributed by atoms with Gasteiger partial charge in [0.15, 0.2) is 5.82 Å². The third-order valence-corrected chi connectivity index (χ3v) is 2.85. The van der Waals surface area contributed by atoms with Gasteiger partial charge in [-0.3, -0.25) is 4.79 Å². The first-order chi connectivity index (χ1) is 6.75. The summed E-state index contributed by atoms with van der Waals surface area (Å²) < 4.78 is 0. The number of carbonyl (C=O) groups is 1. The molecule has 1 aliphatic rings. The standard InChI is InChI=1S/C10H15N3O/c11-9(14)10-12-6-8(13-10)5-7-3-1-2-4-7/h6-7H,1-5H2,(H2,11,14)(H,12,13). The van der Waals surface area contributed by atoms with Crippen molar-refractivity contribution >= 4 is 5.91 Å². The molecule has 1 heterocycles. The topological polar surface area (TPSA) is 71.8 Å². The van der Waals surface area contributed by atoms with Gasteiger partial charge < -0.3 is 10.7 Å². The molecule has 1 saturated carbocycles. The molecule has 1 aromatic heterocycles. The number of carbonyl (C=O) groups excluding carboxylic acids is 1. The van der Waals surface area contributed by atoms with Gasteiger partial charge in [-0.1, -0.05) is 25.7 Å². The Morgan fingerprint density at radius 2 is 2.29 bits per heavy atom. The van der Waals surface area contributed by atoms with E-state index in [-0.39, 0.29) is 5.82 Å². The molecule has 4 nitrogen and oxygen atoms in total. The summed E-state index contributed by atoms with van der Waals surface area (Å²) in [5.41, 5.74) is 6.14. The molecule has 4 heteroatoms. The summed E-state index contributed by atoms with van der Waals surface area (Å²) in [6, 6.07) is 0. The van der Waals surface area contributed by atoms with Crippen molar-refractivity contribution in [3.05, 3.63) is 17.7 Å². The number of nitrogens with two attached hydrogens (primary N) is 1. The van der Waals surface area contributed by atoms with Crippen LogP contribution in [-0.4, -0.2) is 15.9 Å². The van der Waals surface area contributed by atoms with Crippen molar-refractivity contribution < 1.29 is 4.79 Å². The molecule has 0 atom stereocenters. The van der Waals surface area contributed by atoms with Crippen LogP contribution >= 0.6 is 0 Å². The van der Waals surface area contributed by atoms with Crippen molar-refractivity contribution in [3.8, 4) is 0 Å². The number of imidazole rings is 1. The number of nitrogens with zero attached hydrogens (tertiary/aromatic N) is 1. The average molecular weight is 193 g/mol. The zero-order valence-corrected chi connectivity index (χ0v) is 8.12. The first kappa shape index (κ1) is 9.24. The van der Waals surface area contributed by atoms with Crippen molar-refractivity contribution in [2.75, 3.05) is 0 Å². The summed E-state index contributed by atoms with van der Waals surface area (Å²) in [4.78, 5) is 17.7. The van der Waals surface area contributed by atoms with Gasteiger partial charge in [0.25, 0.3) is 5.91 Å². The number of aromatic nitrogens is 2. The highest BCUT2D eigenvalue weighted by molar-refractivity contribution is 5.88. The molecule has 1 amide bonds. The number of rotatable bonds is 3.